The van der Waals surface area contributed by atoms with Gasteiger partial charge in [-0.25, -0.2) is 0 Å². The van der Waals surface area contributed by atoms with E-state index >= 15 is 0 Å². The van der Waals surface area contributed by atoms with Crippen LogP contribution in [0.25, 0.3) is 0 Å². The first-order valence-corrected chi connectivity index (χ1v) is 6.79. The van der Waals surface area contributed by atoms with Crippen LogP contribution in [0, 0.1) is 0 Å². The van der Waals surface area contributed by atoms with Gasteiger partial charge in [0.1, 0.15) is 5.75 Å². The molecule has 1 heterocycles. The Morgan fingerprint density at radius 1 is 1.42 bits per heavy atom. The van der Waals surface area contributed by atoms with Crippen molar-refractivity contribution in [1.29, 1.82) is 0 Å². The third kappa shape index (κ3) is 3.69. The number of nitrogens with zero attached hydrogens (tertiary/aromatic N) is 1. The van der Waals surface area contributed by atoms with Crippen molar-refractivity contribution < 1.29 is 14.6 Å². The Balaban J connectivity index is 1.97. The van der Waals surface area contributed by atoms with E-state index in [4.69, 9.17) is 9.47 Å². The van der Waals surface area contributed by atoms with E-state index in [1.807, 2.05) is 24.3 Å². The second-order valence-electron chi connectivity index (χ2n) is 5.04. The van der Waals surface area contributed by atoms with E-state index in [9.17, 15) is 5.11 Å². The third-order valence-corrected chi connectivity index (χ3v) is 3.74. The summed E-state index contributed by atoms with van der Waals surface area (Å²) in [5, 5.41) is 10.3. The molecular formula is C15H23NO3. The Labute approximate surface area is 114 Å². The lowest BCUT2D eigenvalue weighted by molar-refractivity contribution is 0.0702. The zero-order valence-corrected chi connectivity index (χ0v) is 11.7. The minimum Gasteiger partial charge on any atom is -0.497 e. The van der Waals surface area contributed by atoms with Crippen molar-refractivity contribution in [2.24, 2.45) is 0 Å². The highest BCUT2D eigenvalue weighted by Crippen LogP contribution is 2.24. The van der Waals surface area contributed by atoms with Crippen LogP contribution in [0.2, 0.25) is 0 Å². The highest BCUT2D eigenvalue weighted by atomic mass is 16.5. The standard InChI is InChI=1S/C15H23NO3/c1-18-11-13-6-4-8-16(13)10-15(17)12-5-3-7-14(9-12)19-2/h3,5,7,9,13,15,17H,4,6,8,10-11H2,1-2H3. The fourth-order valence-electron chi connectivity index (χ4n) is 2.69. The summed E-state index contributed by atoms with van der Waals surface area (Å²) in [6, 6.07) is 8.07. The SMILES string of the molecule is COCC1CCCN1CC(O)c1cccc(OC)c1. The molecule has 1 aromatic carbocycles. The molecule has 2 unspecified atom stereocenters. The number of aliphatic hydroxyl groups is 1. The summed E-state index contributed by atoms with van der Waals surface area (Å²) in [6.45, 7) is 2.43. The predicted octanol–water partition coefficient (Wildman–Crippen LogP) is 1.84. The first-order valence-electron chi connectivity index (χ1n) is 6.79. The summed E-state index contributed by atoms with van der Waals surface area (Å²) in [5.74, 6) is 0.784. The molecular weight excluding hydrogens is 242 g/mol. The molecule has 2 rings (SSSR count). The second kappa shape index (κ2) is 6.89. The van der Waals surface area contributed by atoms with Gasteiger partial charge in [0.05, 0.1) is 19.8 Å². The second-order valence-corrected chi connectivity index (χ2v) is 5.04. The number of hydrogen-bond donors (Lipinski definition) is 1. The van der Waals surface area contributed by atoms with E-state index in [-0.39, 0.29) is 0 Å². The van der Waals surface area contributed by atoms with E-state index in [2.05, 4.69) is 4.90 Å². The zero-order chi connectivity index (χ0) is 13.7. The van der Waals surface area contributed by atoms with Gasteiger partial charge in [-0.05, 0) is 37.1 Å². The van der Waals surface area contributed by atoms with Crippen molar-refractivity contribution in [1.82, 2.24) is 4.90 Å². The van der Waals surface area contributed by atoms with Crippen LogP contribution in [0.15, 0.2) is 24.3 Å². The van der Waals surface area contributed by atoms with Crippen LogP contribution < -0.4 is 4.74 Å². The quantitative estimate of drug-likeness (QED) is 0.852. The zero-order valence-electron chi connectivity index (χ0n) is 11.7. The molecule has 0 aromatic heterocycles. The number of β-amino-alcohol motifs (C(OH)–C–C–N with tert-alkyl or cyclic N) is 1. The first-order chi connectivity index (χ1) is 9.24. The van der Waals surface area contributed by atoms with Crippen LogP contribution in [0.3, 0.4) is 0 Å². The number of rotatable bonds is 6. The maximum absolute atomic E-state index is 10.3. The number of likely N-dealkylation sites (tertiary alicyclic amines) is 1. The lowest BCUT2D eigenvalue weighted by atomic mass is 10.1. The van der Waals surface area contributed by atoms with Crippen LogP contribution in [0.5, 0.6) is 5.75 Å². The summed E-state index contributed by atoms with van der Waals surface area (Å²) in [6.07, 6.45) is 1.85. The van der Waals surface area contributed by atoms with Crippen LogP contribution in [-0.2, 0) is 4.74 Å². The molecule has 1 N–H and O–H groups in total. The van der Waals surface area contributed by atoms with E-state index in [1.54, 1.807) is 14.2 Å². The minimum absolute atomic E-state index is 0.435. The molecule has 2 atom stereocenters. The van der Waals surface area contributed by atoms with Gasteiger partial charge in [0, 0.05) is 19.7 Å². The average molecular weight is 265 g/mol. The molecule has 0 saturated carbocycles. The Hall–Kier alpha value is -1.10. The van der Waals surface area contributed by atoms with Gasteiger partial charge in [-0.1, -0.05) is 12.1 Å². The molecule has 1 fully saturated rings. The van der Waals surface area contributed by atoms with E-state index in [0.717, 1.165) is 30.9 Å². The number of benzene rings is 1. The molecule has 4 heteroatoms. The maximum Gasteiger partial charge on any atom is 0.119 e. The lowest BCUT2D eigenvalue weighted by Crippen LogP contribution is -2.36. The maximum atomic E-state index is 10.3. The Morgan fingerprint density at radius 3 is 3.00 bits per heavy atom. The van der Waals surface area contributed by atoms with Crippen LogP contribution in [0.1, 0.15) is 24.5 Å². The smallest absolute Gasteiger partial charge is 0.119 e. The highest BCUT2D eigenvalue weighted by Gasteiger charge is 2.26. The topological polar surface area (TPSA) is 41.9 Å². The summed E-state index contributed by atoms with van der Waals surface area (Å²) in [4.78, 5) is 2.31. The molecule has 0 aliphatic carbocycles. The Bertz CT molecular complexity index is 397. The van der Waals surface area contributed by atoms with E-state index in [1.165, 1.54) is 6.42 Å². The van der Waals surface area contributed by atoms with Crippen LogP contribution in [-0.4, -0.2) is 50.0 Å². The molecule has 106 valence electrons. The summed E-state index contributed by atoms with van der Waals surface area (Å²) < 4.78 is 10.4. The van der Waals surface area contributed by atoms with Crippen molar-refractivity contribution in [2.45, 2.75) is 25.0 Å². The van der Waals surface area contributed by atoms with Crippen molar-refractivity contribution in [3.63, 3.8) is 0 Å². The van der Waals surface area contributed by atoms with Crippen LogP contribution in [0.4, 0.5) is 0 Å². The third-order valence-electron chi connectivity index (χ3n) is 3.74. The summed E-state index contributed by atoms with van der Waals surface area (Å²) >= 11 is 0. The summed E-state index contributed by atoms with van der Waals surface area (Å²) in [5.41, 5.74) is 0.905. The number of aliphatic hydroxyl groups excluding tert-OH is 1. The molecule has 0 bridgehead atoms. The van der Waals surface area contributed by atoms with E-state index < -0.39 is 6.10 Å². The van der Waals surface area contributed by atoms with Crippen LogP contribution >= 0.6 is 0 Å². The Kier molecular flexibility index (Phi) is 5.19. The molecule has 1 aromatic rings. The predicted molar refractivity (Wildman–Crippen MR) is 74.4 cm³/mol. The largest absolute Gasteiger partial charge is 0.497 e. The van der Waals surface area contributed by atoms with Gasteiger partial charge in [-0.15, -0.1) is 0 Å². The monoisotopic (exact) mass is 265 g/mol. The molecule has 1 saturated heterocycles. The highest BCUT2D eigenvalue weighted by molar-refractivity contribution is 5.29. The lowest BCUT2D eigenvalue weighted by Gasteiger charge is -2.26. The first kappa shape index (κ1) is 14.3. The molecule has 1 aliphatic heterocycles. The fourth-order valence-corrected chi connectivity index (χ4v) is 2.69. The van der Waals surface area contributed by atoms with Crippen molar-refractivity contribution >= 4 is 0 Å². The average Bonchev–Trinajstić information content (AvgIpc) is 2.86. The van der Waals surface area contributed by atoms with E-state index in [0.29, 0.717) is 12.6 Å². The van der Waals surface area contributed by atoms with Crippen molar-refractivity contribution in [3.05, 3.63) is 29.8 Å². The molecule has 0 spiro atoms. The van der Waals surface area contributed by atoms with Gasteiger partial charge in [0.15, 0.2) is 0 Å². The van der Waals surface area contributed by atoms with Crippen molar-refractivity contribution in [2.75, 3.05) is 33.9 Å². The molecule has 0 radical (unpaired) electrons. The van der Waals surface area contributed by atoms with Gasteiger partial charge in [-0.3, -0.25) is 4.90 Å². The molecule has 0 amide bonds. The van der Waals surface area contributed by atoms with Crippen molar-refractivity contribution in [3.8, 4) is 5.75 Å². The minimum atomic E-state index is -0.479. The van der Waals surface area contributed by atoms with Gasteiger partial charge in [-0.2, -0.15) is 0 Å². The fraction of sp³-hybridized carbons (Fsp3) is 0.600. The molecule has 1 aliphatic rings. The number of ether oxygens (including phenoxy) is 2. The number of methoxy groups -OCH3 is 2. The van der Waals surface area contributed by atoms with Gasteiger partial charge in [0.25, 0.3) is 0 Å². The normalized spacial score (nSPS) is 21.5. The molecule has 4 nitrogen and oxygen atoms in total. The van der Waals surface area contributed by atoms with Gasteiger partial charge < -0.3 is 14.6 Å². The Morgan fingerprint density at radius 2 is 2.26 bits per heavy atom. The van der Waals surface area contributed by atoms with Gasteiger partial charge in [0.2, 0.25) is 0 Å². The van der Waals surface area contributed by atoms with Gasteiger partial charge >= 0.3 is 0 Å². The molecule has 19 heavy (non-hydrogen) atoms. The summed E-state index contributed by atoms with van der Waals surface area (Å²) in [7, 11) is 3.37. The number of hydrogen-bond acceptors (Lipinski definition) is 4.